The highest BCUT2D eigenvalue weighted by atomic mass is 16.5. The number of ether oxygens (including phenoxy) is 2. The van der Waals surface area contributed by atoms with Crippen molar-refractivity contribution in [1.29, 1.82) is 0 Å². The number of nitrogens with one attached hydrogen (secondary N) is 2. The normalized spacial score (nSPS) is 16.8. The van der Waals surface area contributed by atoms with Crippen LogP contribution in [0.4, 0.5) is 0 Å². The summed E-state index contributed by atoms with van der Waals surface area (Å²) in [4.78, 5) is 7.03. The van der Waals surface area contributed by atoms with E-state index in [0.717, 1.165) is 77.5 Å². The number of aliphatic hydroxyl groups excluding tert-OH is 1. The Morgan fingerprint density at radius 1 is 1.04 bits per heavy atom. The number of piperidine rings is 1. The Kier molecular flexibility index (Phi) is 14.5. The second-order valence-corrected chi connectivity index (χ2v) is 6.69. The molecule has 0 radical (unpaired) electrons. The Hall–Kier alpha value is -0.890. The van der Waals surface area contributed by atoms with Gasteiger partial charge in [-0.3, -0.25) is 4.99 Å². The van der Waals surface area contributed by atoms with Gasteiger partial charge in [0.1, 0.15) is 0 Å². The summed E-state index contributed by atoms with van der Waals surface area (Å²) in [6.07, 6.45) is 5.02. The molecule has 1 saturated heterocycles. The molecule has 1 fully saturated rings. The standard InChI is InChI=1S/C19H40N4O3/c1-3-5-14-25-16-17-26-15-10-22-19(20-4-2)21-9-6-11-23-12-7-18(24)8-13-23/h18,24H,3-17H2,1-2H3,(H2,20,21,22). The van der Waals surface area contributed by atoms with Crippen molar-refractivity contribution in [3.63, 3.8) is 0 Å². The van der Waals surface area contributed by atoms with Crippen LogP contribution in [0, 0.1) is 0 Å². The quantitative estimate of drug-likeness (QED) is 0.242. The number of nitrogens with zero attached hydrogens (tertiary/aromatic N) is 2. The molecule has 1 heterocycles. The highest BCUT2D eigenvalue weighted by Gasteiger charge is 2.15. The van der Waals surface area contributed by atoms with E-state index < -0.39 is 0 Å². The minimum atomic E-state index is -0.0982. The van der Waals surface area contributed by atoms with Crippen molar-refractivity contribution in [2.45, 2.75) is 52.1 Å². The van der Waals surface area contributed by atoms with Gasteiger partial charge in [0.05, 0.1) is 25.9 Å². The molecule has 7 nitrogen and oxygen atoms in total. The lowest BCUT2D eigenvalue weighted by Crippen LogP contribution is -2.39. The zero-order valence-corrected chi connectivity index (χ0v) is 16.8. The van der Waals surface area contributed by atoms with Gasteiger partial charge in [-0.05, 0) is 39.2 Å². The summed E-state index contributed by atoms with van der Waals surface area (Å²) in [6, 6.07) is 0. The van der Waals surface area contributed by atoms with Crippen LogP contribution in [0.15, 0.2) is 4.99 Å². The van der Waals surface area contributed by atoms with Crippen molar-refractivity contribution in [1.82, 2.24) is 15.5 Å². The minimum Gasteiger partial charge on any atom is -0.393 e. The summed E-state index contributed by atoms with van der Waals surface area (Å²) in [5.41, 5.74) is 0. The van der Waals surface area contributed by atoms with Crippen LogP contribution in [0.3, 0.4) is 0 Å². The SMILES string of the molecule is CCCCOCCOCCNC(=NCCCN1CCC(O)CC1)NCC. The predicted octanol–water partition coefficient (Wildman–Crippen LogP) is 1.22. The molecule has 0 saturated carbocycles. The van der Waals surface area contributed by atoms with E-state index >= 15 is 0 Å². The average Bonchev–Trinajstić information content (AvgIpc) is 2.65. The van der Waals surface area contributed by atoms with Crippen molar-refractivity contribution < 1.29 is 14.6 Å². The van der Waals surface area contributed by atoms with Gasteiger partial charge in [-0.2, -0.15) is 0 Å². The number of aliphatic imine (C=N–C) groups is 1. The molecule has 0 aromatic carbocycles. The third-order valence-corrected chi connectivity index (χ3v) is 4.36. The Labute approximate surface area is 159 Å². The smallest absolute Gasteiger partial charge is 0.191 e. The molecule has 1 rings (SSSR count). The van der Waals surface area contributed by atoms with E-state index in [9.17, 15) is 5.11 Å². The van der Waals surface area contributed by atoms with Crippen LogP contribution in [0.2, 0.25) is 0 Å². The zero-order chi connectivity index (χ0) is 18.9. The fraction of sp³-hybridized carbons (Fsp3) is 0.947. The van der Waals surface area contributed by atoms with Crippen LogP contribution in [-0.2, 0) is 9.47 Å². The number of rotatable bonds is 14. The zero-order valence-electron chi connectivity index (χ0n) is 16.8. The van der Waals surface area contributed by atoms with Crippen molar-refractivity contribution in [3.05, 3.63) is 0 Å². The van der Waals surface area contributed by atoms with Crippen LogP contribution < -0.4 is 10.6 Å². The Morgan fingerprint density at radius 3 is 2.46 bits per heavy atom. The number of likely N-dealkylation sites (tertiary alicyclic amines) is 1. The molecule has 154 valence electrons. The van der Waals surface area contributed by atoms with Gasteiger partial charge in [0.2, 0.25) is 0 Å². The third-order valence-electron chi connectivity index (χ3n) is 4.36. The topological polar surface area (TPSA) is 78.4 Å². The molecule has 1 aliphatic heterocycles. The van der Waals surface area contributed by atoms with E-state index in [2.05, 4.69) is 34.4 Å². The lowest BCUT2D eigenvalue weighted by atomic mass is 10.1. The van der Waals surface area contributed by atoms with Crippen molar-refractivity contribution >= 4 is 5.96 Å². The van der Waals surface area contributed by atoms with Gasteiger partial charge in [0, 0.05) is 39.3 Å². The first-order valence-corrected chi connectivity index (χ1v) is 10.3. The summed E-state index contributed by atoms with van der Waals surface area (Å²) in [6.45, 7) is 12.5. The number of unbranched alkanes of at least 4 members (excludes halogenated alkanes) is 1. The fourth-order valence-electron chi connectivity index (χ4n) is 2.78. The molecular weight excluding hydrogens is 332 g/mol. The molecule has 7 heteroatoms. The van der Waals surface area contributed by atoms with E-state index in [1.807, 2.05) is 0 Å². The molecule has 0 unspecified atom stereocenters. The molecule has 0 aromatic heterocycles. The fourth-order valence-corrected chi connectivity index (χ4v) is 2.78. The Morgan fingerprint density at radius 2 is 1.77 bits per heavy atom. The molecule has 0 atom stereocenters. The first kappa shape index (κ1) is 23.1. The highest BCUT2D eigenvalue weighted by Crippen LogP contribution is 2.09. The monoisotopic (exact) mass is 372 g/mol. The highest BCUT2D eigenvalue weighted by molar-refractivity contribution is 5.79. The van der Waals surface area contributed by atoms with Gasteiger partial charge in [-0.25, -0.2) is 0 Å². The van der Waals surface area contributed by atoms with Gasteiger partial charge in [-0.1, -0.05) is 13.3 Å². The maximum Gasteiger partial charge on any atom is 0.191 e. The van der Waals surface area contributed by atoms with E-state index in [0.29, 0.717) is 19.8 Å². The van der Waals surface area contributed by atoms with E-state index in [1.54, 1.807) is 0 Å². The molecule has 3 N–H and O–H groups in total. The molecule has 0 aromatic rings. The molecule has 0 spiro atoms. The predicted molar refractivity (Wildman–Crippen MR) is 107 cm³/mol. The van der Waals surface area contributed by atoms with Gasteiger partial charge < -0.3 is 30.1 Å². The van der Waals surface area contributed by atoms with Crippen LogP contribution >= 0.6 is 0 Å². The molecule has 0 bridgehead atoms. The molecular formula is C19H40N4O3. The van der Waals surface area contributed by atoms with Crippen LogP contribution in [0.5, 0.6) is 0 Å². The first-order valence-electron chi connectivity index (χ1n) is 10.3. The lowest BCUT2D eigenvalue weighted by molar-refractivity contribution is 0.0487. The van der Waals surface area contributed by atoms with E-state index in [1.165, 1.54) is 6.42 Å². The molecule has 1 aliphatic rings. The number of hydrogen-bond acceptors (Lipinski definition) is 5. The Bertz CT molecular complexity index is 348. The van der Waals surface area contributed by atoms with Crippen molar-refractivity contribution in [2.75, 3.05) is 65.7 Å². The third kappa shape index (κ3) is 12.5. The maximum absolute atomic E-state index is 9.53. The van der Waals surface area contributed by atoms with Gasteiger partial charge in [0.25, 0.3) is 0 Å². The Balaban J connectivity index is 2.03. The summed E-state index contributed by atoms with van der Waals surface area (Å²) in [7, 11) is 0. The number of hydrogen-bond donors (Lipinski definition) is 3. The lowest BCUT2D eigenvalue weighted by Gasteiger charge is -2.29. The summed E-state index contributed by atoms with van der Waals surface area (Å²) < 4.78 is 11.0. The minimum absolute atomic E-state index is 0.0982. The maximum atomic E-state index is 9.53. The summed E-state index contributed by atoms with van der Waals surface area (Å²) >= 11 is 0. The largest absolute Gasteiger partial charge is 0.393 e. The van der Waals surface area contributed by atoms with Gasteiger partial charge >= 0.3 is 0 Å². The molecule has 0 amide bonds. The average molecular weight is 373 g/mol. The summed E-state index contributed by atoms with van der Waals surface area (Å²) in [5, 5.41) is 16.1. The van der Waals surface area contributed by atoms with E-state index in [4.69, 9.17) is 9.47 Å². The van der Waals surface area contributed by atoms with Gasteiger partial charge in [-0.15, -0.1) is 0 Å². The van der Waals surface area contributed by atoms with Crippen LogP contribution in [0.25, 0.3) is 0 Å². The second kappa shape index (κ2) is 16.3. The first-order chi connectivity index (χ1) is 12.8. The van der Waals surface area contributed by atoms with Crippen LogP contribution in [0.1, 0.15) is 46.0 Å². The molecule has 26 heavy (non-hydrogen) atoms. The van der Waals surface area contributed by atoms with Gasteiger partial charge in [0.15, 0.2) is 5.96 Å². The van der Waals surface area contributed by atoms with Crippen molar-refractivity contribution in [2.24, 2.45) is 4.99 Å². The molecule has 0 aliphatic carbocycles. The van der Waals surface area contributed by atoms with Crippen molar-refractivity contribution in [3.8, 4) is 0 Å². The van der Waals surface area contributed by atoms with E-state index in [-0.39, 0.29) is 6.10 Å². The second-order valence-electron chi connectivity index (χ2n) is 6.69. The number of aliphatic hydroxyl groups is 1. The number of guanidine groups is 1. The summed E-state index contributed by atoms with van der Waals surface area (Å²) in [5.74, 6) is 0.851. The van der Waals surface area contributed by atoms with Crippen LogP contribution in [-0.4, -0.2) is 87.8 Å².